The zero-order chi connectivity index (χ0) is 17.6. The highest BCUT2D eigenvalue weighted by molar-refractivity contribution is 6.30. The van der Waals surface area contributed by atoms with Gasteiger partial charge >= 0.3 is 6.18 Å². The number of alkyl halides is 3. The number of amidine groups is 1. The molecule has 0 spiro atoms. The average molecular weight is 352 g/mol. The maximum absolute atomic E-state index is 12.5. The van der Waals surface area contributed by atoms with Crippen molar-refractivity contribution in [3.63, 3.8) is 0 Å². The van der Waals surface area contributed by atoms with Crippen molar-refractivity contribution in [2.45, 2.75) is 6.18 Å². The third-order valence-corrected chi connectivity index (χ3v) is 2.91. The van der Waals surface area contributed by atoms with E-state index < -0.39 is 11.7 Å². The summed E-state index contributed by atoms with van der Waals surface area (Å²) < 4.78 is 37.4. The molecule has 0 bridgehead atoms. The zero-order valence-electron chi connectivity index (χ0n) is 11.9. The van der Waals surface area contributed by atoms with Gasteiger partial charge in [-0.3, -0.25) is 5.43 Å². The van der Waals surface area contributed by atoms with Crippen molar-refractivity contribution in [3.8, 4) is 6.07 Å². The van der Waals surface area contributed by atoms with Crippen LogP contribution in [0.25, 0.3) is 0 Å². The Labute approximate surface area is 140 Å². The molecule has 2 aromatic rings. The van der Waals surface area contributed by atoms with Crippen LogP contribution < -0.4 is 5.43 Å². The molecule has 0 saturated heterocycles. The molecule has 0 aliphatic carbocycles. The first kappa shape index (κ1) is 17.4. The fourth-order valence-electron chi connectivity index (χ4n) is 1.56. The number of hydrogen-bond acceptors (Lipinski definition) is 4. The van der Waals surface area contributed by atoms with Gasteiger partial charge in [-0.1, -0.05) is 17.7 Å². The summed E-state index contributed by atoms with van der Waals surface area (Å²) in [5.74, 6) is -0.296. The molecule has 0 radical (unpaired) electrons. The van der Waals surface area contributed by atoms with E-state index in [-0.39, 0.29) is 11.5 Å². The van der Waals surface area contributed by atoms with E-state index in [1.54, 1.807) is 30.3 Å². The highest BCUT2D eigenvalue weighted by atomic mass is 35.5. The Morgan fingerprint density at radius 1 is 1.12 bits per heavy atom. The second kappa shape index (κ2) is 7.57. The number of anilines is 1. The smallest absolute Gasteiger partial charge is 0.276 e. The molecule has 9 heteroatoms. The van der Waals surface area contributed by atoms with Crippen LogP contribution in [0.2, 0.25) is 5.02 Å². The number of nitrogens with zero attached hydrogens (tertiary/aromatic N) is 4. The van der Waals surface area contributed by atoms with Gasteiger partial charge in [-0.25, -0.2) is 0 Å². The van der Waals surface area contributed by atoms with Crippen LogP contribution in [-0.4, -0.2) is 5.84 Å². The number of nitrogens with one attached hydrogen (secondary N) is 1. The average Bonchev–Trinajstić information content (AvgIpc) is 2.55. The molecule has 5 nitrogen and oxygen atoms in total. The fraction of sp³-hybridized carbons (Fsp3) is 0.0667. The molecule has 0 fully saturated rings. The Hall–Kier alpha value is -2.92. The standard InChI is InChI=1S/C15H9ClF3N5/c16-11-2-1-3-13(8-11)22-24-14(9-20)23-21-12-6-4-10(5-7-12)15(17,18)19/h1-8,21H/b23-14+,24-22+. The van der Waals surface area contributed by atoms with Crippen molar-refractivity contribution < 1.29 is 13.2 Å². The number of benzene rings is 2. The number of hydrazone groups is 1. The summed E-state index contributed by atoms with van der Waals surface area (Å²) in [5.41, 5.74) is 2.36. The van der Waals surface area contributed by atoms with Crippen LogP contribution in [-0.2, 0) is 6.18 Å². The van der Waals surface area contributed by atoms with Gasteiger partial charge in [0.05, 0.1) is 16.9 Å². The van der Waals surface area contributed by atoms with E-state index in [9.17, 15) is 13.2 Å². The van der Waals surface area contributed by atoms with Gasteiger partial charge in [0, 0.05) is 5.02 Å². The lowest BCUT2D eigenvalue weighted by atomic mass is 10.2. The van der Waals surface area contributed by atoms with Gasteiger partial charge in [-0.2, -0.15) is 18.4 Å². The third-order valence-electron chi connectivity index (χ3n) is 2.67. The predicted octanol–water partition coefficient (Wildman–Crippen LogP) is 5.39. The molecular formula is C15H9ClF3N5. The van der Waals surface area contributed by atoms with E-state index in [1.165, 1.54) is 12.1 Å². The second-order valence-corrected chi connectivity index (χ2v) is 4.85. The number of halogens is 4. The molecule has 0 heterocycles. The van der Waals surface area contributed by atoms with Crippen molar-refractivity contribution in [2.24, 2.45) is 15.3 Å². The van der Waals surface area contributed by atoms with E-state index in [0.29, 0.717) is 10.7 Å². The molecule has 0 aliphatic rings. The molecule has 0 aliphatic heterocycles. The van der Waals surface area contributed by atoms with E-state index in [2.05, 4.69) is 20.8 Å². The highest BCUT2D eigenvalue weighted by Crippen LogP contribution is 2.29. The SMILES string of the molecule is N#CC(/N=N/c1cccc(Cl)c1)=N\Nc1ccc(C(F)(F)F)cc1. The monoisotopic (exact) mass is 351 g/mol. The fourth-order valence-corrected chi connectivity index (χ4v) is 1.75. The summed E-state index contributed by atoms with van der Waals surface area (Å²) in [6.07, 6.45) is -4.41. The van der Waals surface area contributed by atoms with Gasteiger partial charge in [0.15, 0.2) is 0 Å². The Morgan fingerprint density at radius 3 is 2.42 bits per heavy atom. The Balaban J connectivity index is 2.07. The summed E-state index contributed by atoms with van der Waals surface area (Å²) in [6.45, 7) is 0. The molecule has 0 amide bonds. The molecule has 1 N–H and O–H groups in total. The summed E-state index contributed by atoms with van der Waals surface area (Å²) in [6, 6.07) is 12.4. The van der Waals surface area contributed by atoms with E-state index >= 15 is 0 Å². The first-order chi connectivity index (χ1) is 11.4. The maximum atomic E-state index is 12.5. The summed E-state index contributed by atoms with van der Waals surface area (Å²) in [5, 5.41) is 20.5. The van der Waals surface area contributed by atoms with Gasteiger partial charge in [0.25, 0.3) is 5.84 Å². The molecular weight excluding hydrogens is 343 g/mol. The lowest BCUT2D eigenvalue weighted by Crippen LogP contribution is -2.04. The van der Waals surface area contributed by atoms with Crippen molar-refractivity contribution in [2.75, 3.05) is 5.43 Å². The molecule has 24 heavy (non-hydrogen) atoms. The van der Waals surface area contributed by atoms with Crippen LogP contribution in [0.5, 0.6) is 0 Å². The summed E-state index contributed by atoms with van der Waals surface area (Å²) in [4.78, 5) is 0. The van der Waals surface area contributed by atoms with Crippen molar-refractivity contribution in [1.82, 2.24) is 0 Å². The van der Waals surface area contributed by atoms with E-state index in [0.717, 1.165) is 12.1 Å². The topological polar surface area (TPSA) is 72.9 Å². The molecule has 0 saturated carbocycles. The van der Waals surface area contributed by atoms with Crippen LogP contribution in [0.3, 0.4) is 0 Å². The van der Waals surface area contributed by atoms with Crippen LogP contribution >= 0.6 is 11.6 Å². The van der Waals surface area contributed by atoms with Crippen molar-refractivity contribution in [1.29, 1.82) is 5.26 Å². The van der Waals surface area contributed by atoms with Gasteiger partial charge in [-0.15, -0.1) is 15.3 Å². The first-order valence-corrected chi connectivity index (χ1v) is 6.84. The van der Waals surface area contributed by atoms with Crippen molar-refractivity contribution in [3.05, 3.63) is 59.1 Å². The van der Waals surface area contributed by atoms with Crippen molar-refractivity contribution >= 4 is 28.8 Å². The highest BCUT2D eigenvalue weighted by Gasteiger charge is 2.29. The minimum atomic E-state index is -4.41. The molecule has 2 aromatic carbocycles. The normalized spacial score (nSPS) is 12.2. The van der Waals surface area contributed by atoms with Gasteiger partial charge < -0.3 is 0 Å². The zero-order valence-corrected chi connectivity index (χ0v) is 12.7. The number of azo groups is 1. The first-order valence-electron chi connectivity index (χ1n) is 6.47. The molecule has 0 unspecified atom stereocenters. The minimum Gasteiger partial charge on any atom is -0.276 e. The molecule has 122 valence electrons. The molecule has 0 atom stereocenters. The van der Waals surface area contributed by atoms with E-state index in [1.807, 2.05) is 0 Å². The number of nitriles is 1. The van der Waals surface area contributed by atoms with Gasteiger partial charge in [-0.05, 0) is 42.5 Å². The number of hydrogen-bond donors (Lipinski definition) is 1. The minimum absolute atomic E-state index is 0.272. The molecule has 2 rings (SSSR count). The van der Waals surface area contributed by atoms with E-state index in [4.69, 9.17) is 16.9 Å². The summed E-state index contributed by atoms with van der Waals surface area (Å²) >= 11 is 5.79. The van der Waals surface area contributed by atoms with Crippen LogP contribution in [0.15, 0.2) is 63.9 Å². The second-order valence-electron chi connectivity index (χ2n) is 4.41. The van der Waals surface area contributed by atoms with Crippen LogP contribution in [0, 0.1) is 11.3 Å². The maximum Gasteiger partial charge on any atom is 0.416 e. The summed E-state index contributed by atoms with van der Waals surface area (Å²) in [7, 11) is 0. The van der Waals surface area contributed by atoms with Gasteiger partial charge in [0.2, 0.25) is 0 Å². The Kier molecular flexibility index (Phi) is 5.50. The predicted molar refractivity (Wildman–Crippen MR) is 84.1 cm³/mol. The van der Waals surface area contributed by atoms with Crippen LogP contribution in [0.1, 0.15) is 5.56 Å². The quantitative estimate of drug-likeness (QED) is 0.348. The number of rotatable bonds is 3. The van der Waals surface area contributed by atoms with Crippen LogP contribution in [0.4, 0.5) is 24.5 Å². The molecule has 0 aromatic heterocycles. The third kappa shape index (κ3) is 5.07. The Bertz CT molecular complexity index is 807. The largest absolute Gasteiger partial charge is 0.416 e. The van der Waals surface area contributed by atoms with Gasteiger partial charge in [0.1, 0.15) is 6.07 Å². The Morgan fingerprint density at radius 2 is 1.83 bits per heavy atom. The lowest BCUT2D eigenvalue weighted by molar-refractivity contribution is -0.137. The lowest BCUT2D eigenvalue weighted by Gasteiger charge is -2.06.